The number of nitrogens with one attached hydrogen (secondary N) is 3. The highest BCUT2D eigenvalue weighted by atomic mass is 127. The molecule has 3 N–H and O–H groups in total. The molecule has 1 amide bonds. The molecule has 9 heteroatoms. The van der Waals surface area contributed by atoms with Gasteiger partial charge in [0.25, 0.3) is 0 Å². The Hall–Kier alpha value is -2.69. The van der Waals surface area contributed by atoms with Crippen molar-refractivity contribution in [2.24, 2.45) is 4.99 Å². The van der Waals surface area contributed by atoms with Gasteiger partial charge in [0.1, 0.15) is 30.0 Å². The fourth-order valence-electron chi connectivity index (χ4n) is 2.61. The van der Waals surface area contributed by atoms with Crippen LogP contribution in [0.25, 0.3) is 0 Å². The normalized spacial score (nSPS) is 11.5. The molecule has 0 aliphatic rings. The van der Waals surface area contributed by atoms with Crippen molar-refractivity contribution in [1.82, 2.24) is 10.6 Å². The molecular formula is C22H31IN4O4. The van der Waals surface area contributed by atoms with Gasteiger partial charge in [-0.05, 0) is 31.2 Å². The molecule has 0 spiro atoms. The lowest BCUT2D eigenvalue weighted by molar-refractivity contribution is -0.114. The van der Waals surface area contributed by atoms with E-state index in [1.54, 1.807) is 20.2 Å². The van der Waals surface area contributed by atoms with E-state index in [1.807, 2.05) is 49.4 Å². The van der Waals surface area contributed by atoms with Crippen LogP contribution < -0.4 is 30.2 Å². The fraction of sp³-hybridized carbons (Fsp3) is 0.364. The fourth-order valence-corrected chi connectivity index (χ4v) is 2.61. The number of rotatable bonds is 10. The Morgan fingerprint density at radius 1 is 1.06 bits per heavy atom. The largest absolute Gasteiger partial charge is 0.497 e. The molecule has 2 rings (SSSR count). The van der Waals surface area contributed by atoms with Crippen molar-refractivity contribution in [1.29, 1.82) is 0 Å². The molecule has 0 aliphatic carbocycles. The van der Waals surface area contributed by atoms with Gasteiger partial charge in [-0.3, -0.25) is 9.79 Å². The minimum atomic E-state index is -0.117. The minimum absolute atomic E-state index is 0. The second-order valence-electron chi connectivity index (χ2n) is 6.54. The molecule has 0 saturated carbocycles. The first kappa shape index (κ1) is 26.3. The van der Waals surface area contributed by atoms with Crippen molar-refractivity contribution in [3.63, 3.8) is 0 Å². The summed E-state index contributed by atoms with van der Waals surface area (Å²) in [6.07, 6.45) is -0.0663. The molecule has 2 aromatic rings. The zero-order valence-corrected chi connectivity index (χ0v) is 20.6. The second kappa shape index (κ2) is 14.3. The predicted molar refractivity (Wildman–Crippen MR) is 134 cm³/mol. The zero-order chi connectivity index (χ0) is 21.8. The van der Waals surface area contributed by atoms with Gasteiger partial charge in [-0.1, -0.05) is 12.1 Å². The third-order valence-corrected chi connectivity index (χ3v) is 3.98. The summed E-state index contributed by atoms with van der Waals surface area (Å²) < 4.78 is 16.8. The number of methoxy groups -OCH3 is 1. The van der Waals surface area contributed by atoms with Crippen LogP contribution >= 0.6 is 24.0 Å². The molecule has 31 heavy (non-hydrogen) atoms. The van der Waals surface area contributed by atoms with Crippen LogP contribution in [0, 0.1) is 0 Å². The maximum atomic E-state index is 11.1. The molecule has 1 unspecified atom stereocenters. The van der Waals surface area contributed by atoms with E-state index in [-0.39, 0.29) is 36.0 Å². The third kappa shape index (κ3) is 10.3. The highest BCUT2D eigenvalue weighted by Crippen LogP contribution is 2.20. The first-order chi connectivity index (χ1) is 14.5. The number of hydrogen-bond acceptors (Lipinski definition) is 5. The van der Waals surface area contributed by atoms with Gasteiger partial charge >= 0.3 is 0 Å². The monoisotopic (exact) mass is 542 g/mol. The number of carbonyl (C=O) groups is 1. The van der Waals surface area contributed by atoms with Crippen molar-refractivity contribution < 1.29 is 19.0 Å². The lowest BCUT2D eigenvalue weighted by Gasteiger charge is -2.18. The number of benzene rings is 2. The average molecular weight is 542 g/mol. The van der Waals surface area contributed by atoms with Crippen molar-refractivity contribution >= 4 is 41.5 Å². The van der Waals surface area contributed by atoms with Crippen LogP contribution in [-0.2, 0) is 4.79 Å². The number of aliphatic imine (C=N–C) groups is 1. The second-order valence-corrected chi connectivity index (χ2v) is 6.54. The quantitative estimate of drug-likeness (QED) is 0.185. The topological polar surface area (TPSA) is 93.2 Å². The van der Waals surface area contributed by atoms with E-state index in [1.165, 1.54) is 6.92 Å². The summed E-state index contributed by atoms with van der Waals surface area (Å²) in [6, 6.07) is 14.8. The Morgan fingerprint density at radius 2 is 1.77 bits per heavy atom. The van der Waals surface area contributed by atoms with Crippen molar-refractivity contribution in [2.45, 2.75) is 20.0 Å². The SMILES string of the molecule is CN=C(NCCOc1cccc(NC(C)=O)c1)NCC(C)Oc1cccc(OC)c1.I. The summed E-state index contributed by atoms with van der Waals surface area (Å²) in [5, 5.41) is 9.15. The smallest absolute Gasteiger partial charge is 0.221 e. The van der Waals surface area contributed by atoms with Gasteiger partial charge in [0.2, 0.25) is 5.91 Å². The van der Waals surface area contributed by atoms with E-state index >= 15 is 0 Å². The van der Waals surface area contributed by atoms with E-state index in [9.17, 15) is 4.79 Å². The molecule has 0 fully saturated rings. The van der Waals surface area contributed by atoms with E-state index in [0.29, 0.717) is 37.1 Å². The van der Waals surface area contributed by atoms with E-state index in [4.69, 9.17) is 14.2 Å². The van der Waals surface area contributed by atoms with Gasteiger partial charge in [0.05, 0.1) is 20.2 Å². The molecule has 0 saturated heterocycles. The molecule has 1 atom stereocenters. The Balaban J connectivity index is 0.00000480. The number of halogens is 1. The molecule has 0 bridgehead atoms. The van der Waals surface area contributed by atoms with Crippen molar-refractivity contribution in [3.8, 4) is 17.2 Å². The summed E-state index contributed by atoms with van der Waals surface area (Å²) in [5.41, 5.74) is 0.704. The number of carbonyl (C=O) groups excluding carboxylic acids is 1. The number of amides is 1. The van der Waals surface area contributed by atoms with Crippen molar-refractivity contribution in [3.05, 3.63) is 48.5 Å². The Morgan fingerprint density at radius 3 is 2.48 bits per heavy atom. The Labute approximate surface area is 200 Å². The number of anilines is 1. The first-order valence-electron chi connectivity index (χ1n) is 9.76. The predicted octanol–water partition coefficient (Wildman–Crippen LogP) is 3.28. The molecular weight excluding hydrogens is 511 g/mol. The molecule has 2 aromatic carbocycles. The average Bonchev–Trinajstić information content (AvgIpc) is 2.73. The van der Waals surface area contributed by atoms with Crippen molar-refractivity contribution in [2.75, 3.05) is 39.2 Å². The van der Waals surface area contributed by atoms with Crippen LogP contribution in [0.4, 0.5) is 5.69 Å². The lowest BCUT2D eigenvalue weighted by Crippen LogP contribution is -2.43. The number of nitrogens with zero attached hydrogens (tertiary/aromatic N) is 1. The van der Waals surface area contributed by atoms with Gasteiger partial charge in [0.15, 0.2) is 5.96 Å². The van der Waals surface area contributed by atoms with Crippen LogP contribution in [-0.4, -0.2) is 51.8 Å². The minimum Gasteiger partial charge on any atom is -0.497 e. The van der Waals surface area contributed by atoms with Gasteiger partial charge < -0.3 is 30.2 Å². The van der Waals surface area contributed by atoms with E-state index in [0.717, 1.165) is 11.5 Å². The van der Waals surface area contributed by atoms with Crippen LogP contribution in [0.15, 0.2) is 53.5 Å². The third-order valence-electron chi connectivity index (χ3n) is 3.98. The van der Waals surface area contributed by atoms with Crippen LogP contribution in [0.3, 0.4) is 0 Å². The molecule has 0 aromatic heterocycles. The number of guanidine groups is 1. The summed E-state index contributed by atoms with van der Waals surface area (Å²) in [4.78, 5) is 15.3. The van der Waals surface area contributed by atoms with E-state index in [2.05, 4.69) is 20.9 Å². The molecule has 8 nitrogen and oxygen atoms in total. The maximum absolute atomic E-state index is 11.1. The molecule has 0 radical (unpaired) electrons. The van der Waals surface area contributed by atoms with Crippen LogP contribution in [0.1, 0.15) is 13.8 Å². The summed E-state index contributed by atoms with van der Waals surface area (Å²) >= 11 is 0. The maximum Gasteiger partial charge on any atom is 0.221 e. The molecule has 0 heterocycles. The number of ether oxygens (including phenoxy) is 3. The lowest BCUT2D eigenvalue weighted by atomic mass is 10.3. The Bertz CT molecular complexity index is 848. The van der Waals surface area contributed by atoms with Crippen LogP contribution in [0.2, 0.25) is 0 Å². The standard InChI is InChI=1S/C22H30N4O4.HI/c1-16(30-21-10-6-8-19(14-21)28-4)15-25-22(23-3)24-11-12-29-20-9-5-7-18(13-20)26-17(2)27;/h5-10,13-14,16H,11-12,15H2,1-4H3,(H,26,27)(H2,23,24,25);1H. The summed E-state index contributed by atoms with van der Waals surface area (Å²) in [5.74, 6) is 2.74. The van der Waals surface area contributed by atoms with Crippen LogP contribution in [0.5, 0.6) is 17.2 Å². The van der Waals surface area contributed by atoms with Gasteiger partial charge in [-0.25, -0.2) is 0 Å². The van der Waals surface area contributed by atoms with Gasteiger partial charge in [-0.2, -0.15) is 0 Å². The summed E-state index contributed by atoms with van der Waals surface area (Å²) in [7, 11) is 3.34. The van der Waals surface area contributed by atoms with Gasteiger partial charge in [0, 0.05) is 31.8 Å². The first-order valence-corrected chi connectivity index (χ1v) is 9.76. The Kier molecular flexibility index (Phi) is 12.2. The summed E-state index contributed by atoms with van der Waals surface area (Å²) in [6.45, 7) is 5.04. The van der Waals surface area contributed by atoms with Gasteiger partial charge in [-0.15, -0.1) is 24.0 Å². The highest BCUT2D eigenvalue weighted by Gasteiger charge is 2.07. The van der Waals surface area contributed by atoms with E-state index < -0.39 is 0 Å². The molecule has 170 valence electrons. The highest BCUT2D eigenvalue weighted by molar-refractivity contribution is 14.0. The molecule has 0 aliphatic heterocycles. The number of hydrogen-bond donors (Lipinski definition) is 3. The zero-order valence-electron chi connectivity index (χ0n) is 18.3.